The molecule has 0 amide bonds. The molecule has 0 aromatic heterocycles. The van der Waals surface area contributed by atoms with Crippen LogP contribution in [-0.2, 0) is 6.42 Å². The second-order valence-corrected chi connectivity index (χ2v) is 10.9. The van der Waals surface area contributed by atoms with Crippen LogP contribution in [0.25, 0.3) is 24.3 Å². The van der Waals surface area contributed by atoms with Crippen molar-refractivity contribution in [2.75, 3.05) is 0 Å². The lowest BCUT2D eigenvalue weighted by atomic mass is 9.84. The summed E-state index contributed by atoms with van der Waals surface area (Å²) >= 11 is 0. The van der Waals surface area contributed by atoms with Gasteiger partial charge in [-0.2, -0.15) is 0 Å². The molecule has 212 valence electrons. The summed E-state index contributed by atoms with van der Waals surface area (Å²) in [5.41, 5.74) is 10.1. The number of benzene rings is 5. The number of aryl methyl sites for hydroxylation is 1. The van der Waals surface area contributed by atoms with Crippen molar-refractivity contribution in [1.82, 2.24) is 0 Å². The summed E-state index contributed by atoms with van der Waals surface area (Å²) in [6.45, 7) is 2.25. The maximum atomic E-state index is 2.32. The summed E-state index contributed by atoms with van der Waals surface area (Å²) in [6.07, 6.45) is 20.6. The van der Waals surface area contributed by atoms with Crippen LogP contribution in [0.1, 0.15) is 70.2 Å². The van der Waals surface area contributed by atoms with E-state index < -0.39 is 0 Å². The zero-order valence-electron chi connectivity index (χ0n) is 25.0. The highest BCUT2D eigenvalue weighted by Gasteiger charge is 2.17. The molecule has 0 aliphatic carbocycles. The Morgan fingerprint density at radius 3 is 1.14 bits per heavy atom. The molecule has 0 heterocycles. The zero-order chi connectivity index (χ0) is 29.5. The van der Waals surface area contributed by atoms with Gasteiger partial charge in [0.15, 0.2) is 0 Å². The third-order valence-electron chi connectivity index (χ3n) is 7.65. The van der Waals surface area contributed by atoms with E-state index in [1.807, 2.05) is 12.1 Å². The SMILES string of the molecule is CCCCc1ccc(C(c2ccc(C=CC=Cc3ccccc3)cc2)c2ccc(C=CC=Cc3ccccc3)cc2)cc1. The number of hydrogen-bond donors (Lipinski definition) is 0. The molecule has 0 aliphatic rings. The summed E-state index contributed by atoms with van der Waals surface area (Å²) < 4.78 is 0. The topological polar surface area (TPSA) is 0 Å². The number of allylic oxidation sites excluding steroid dienone is 4. The molecule has 43 heavy (non-hydrogen) atoms. The molecule has 0 aliphatic heterocycles. The van der Waals surface area contributed by atoms with Crippen LogP contribution in [0.3, 0.4) is 0 Å². The van der Waals surface area contributed by atoms with E-state index in [-0.39, 0.29) is 5.92 Å². The Balaban J connectivity index is 1.34. The van der Waals surface area contributed by atoms with Gasteiger partial charge in [0.05, 0.1) is 0 Å². The van der Waals surface area contributed by atoms with Crippen molar-refractivity contribution < 1.29 is 0 Å². The molecule has 0 spiro atoms. The molecule has 5 aromatic rings. The molecule has 0 N–H and O–H groups in total. The van der Waals surface area contributed by atoms with E-state index >= 15 is 0 Å². The van der Waals surface area contributed by atoms with Gasteiger partial charge in [-0.05, 0) is 57.3 Å². The predicted molar refractivity (Wildman–Crippen MR) is 188 cm³/mol. The van der Waals surface area contributed by atoms with Gasteiger partial charge in [-0.25, -0.2) is 0 Å². The predicted octanol–water partition coefficient (Wildman–Crippen LogP) is 11.7. The van der Waals surface area contributed by atoms with Crippen LogP contribution in [0.4, 0.5) is 0 Å². The number of rotatable bonds is 12. The van der Waals surface area contributed by atoms with Crippen molar-refractivity contribution in [1.29, 1.82) is 0 Å². The fraction of sp³-hybridized carbons (Fsp3) is 0.116. The van der Waals surface area contributed by atoms with Crippen LogP contribution >= 0.6 is 0 Å². The van der Waals surface area contributed by atoms with Crippen molar-refractivity contribution in [3.63, 3.8) is 0 Å². The standard InChI is InChI=1S/C43H40/c1-2-3-14-37-23-29-40(30-24-37)43(41-31-25-38(26-32-41)21-12-10-19-35-15-6-4-7-16-35)42-33-27-39(28-34-42)22-13-11-20-36-17-8-5-9-18-36/h4-13,15-34,43H,2-3,14H2,1H3. The Morgan fingerprint density at radius 2 is 0.767 bits per heavy atom. The highest BCUT2D eigenvalue weighted by atomic mass is 14.2. The average molecular weight is 557 g/mol. The molecule has 0 heteroatoms. The van der Waals surface area contributed by atoms with Crippen molar-refractivity contribution in [3.05, 3.63) is 202 Å². The molecular formula is C43H40. The van der Waals surface area contributed by atoms with E-state index in [4.69, 9.17) is 0 Å². The lowest BCUT2D eigenvalue weighted by molar-refractivity contribution is 0.794. The average Bonchev–Trinajstić information content (AvgIpc) is 3.07. The van der Waals surface area contributed by atoms with Crippen molar-refractivity contribution in [2.24, 2.45) is 0 Å². The van der Waals surface area contributed by atoms with E-state index in [0.29, 0.717) is 0 Å². The van der Waals surface area contributed by atoms with Gasteiger partial charge in [0.1, 0.15) is 0 Å². The van der Waals surface area contributed by atoms with E-state index in [9.17, 15) is 0 Å². The lowest BCUT2D eigenvalue weighted by Gasteiger charge is -2.20. The Labute approximate surface area is 258 Å². The van der Waals surface area contributed by atoms with Gasteiger partial charge in [0, 0.05) is 5.92 Å². The van der Waals surface area contributed by atoms with Gasteiger partial charge in [-0.15, -0.1) is 0 Å². The highest BCUT2D eigenvalue weighted by molar-refractivity contribution is 5.59. The minimum Gasteiger partial charge on any atom is -0.0654 e. The quantitative estimate of drug-likeness (QED) is 0.106. The first-order chi connectivity index (χ1) is 21.3. The second-order valence-electron chi connectivity index (χ2n) is 10.9. The van der Waals surface area contributed by atoms with Crippen molar-refractivity contribution in [2.45, 2.75) is 32.1 Å². The van der Waals surface area contributed by atoms with Crippen molar-refractivity contribution >= 4 is 24.3 Å². The van der Waals surface area contributed by atoms with Crippen LogP contribution < -0.4 is 0 Å². The molecule has 0 unspecified atom stereocenters. The van der Waals surface area contributed by atoms with Gasteiger partial charge in [0.2, 0.25) is 0 Å². The monoisotopic (exact) mass is 556 g/mol. The largest absolute Gasteiger partial charge is 0.0654 e. The Morgan fingerprint density at radius 1 is 0.419 bits per heavy atom. The molecule has 0 saturated carbocycles. The van der Waals surface area contributed by atoms with Crippen LogP contribution in [0.2, 0.25) is 0 Å². The summed E-state index contributed by atoms with van der Waals surface area (Å²) in [5, 5.41) is 0. The molecule has 0 atom stereocenters. The minimum absolute atomic E-state index is 0.173. The molecule has 0 fully saturated rings. The van der Waals surface area contributed by atoms with E-state index in [0.717, 1.165) is 6.42 Å². The molecule has 5 rings (SSSR count). The van der Waals surface area contributed by atoms with Crippen LogP contribution in [0.15, 0.2) is 158 Å². The van der Waals surface area contributed by atoms with Gasteiger partial charge in [-0.1, -0.05) is 195 Å². The Bertz CT molecular complexity index is 1530. The molecule has 0 saturated heterocycles. The van der Waals surface area contributed by atoms with Crippen molar-refractivity contribution in [3.8, 4) is 0 Å². The van der Waals surface area contributed by atoms with E-state index in [2.05, 4.69) is 177 Å². The molecule has 5 aromatic carbocycles. The maximum Gasteiger partial charge on any atom is 0.0340 e. The van der Waals surface area contributed by atoms with Crippen LogP contribution in [-0.4, -0.2) is 0 Å². The number of hydrogen-bond acceptors (Lipinski definition) is 0. The van der Waals surface area contributed by atoms with Gasteiger partial charge in [-0.3, -0.25) is 0 Å². The van der Waals surface area contributed by atoms with Crippen LogP contribution in [0, 0.1) is 0 Å². The third kappa shape index (κ3) is 9.02. The minimum atomic E-state index is 0.173. The highest BCUT2D eigenvalue weighted by Crippen LogP contribution is 2.33. The zero-order valence-corrected chi connectivity index (χ0v) is 25.0. The number of unbranched alkanes of at least 4 members (excludes halogenated alkanes) is 1. The van der Waals surface area contributed by atoms with Gasteiger partial charge >= 0.3 is 0 Å². The summed E-state index contributed by atoms with van der Waals surface area (Å²) in [7, 11) is 0. The first-order valence-corrected chi connectivity index (χ1v) is 15.4. The summed E-state index contributed by atoms with van der Waals surface area (Å²) in [5.74, 6) is 0.173. The first-order valence-electron chi connectivity index (χ1n) is 15.4. The lowest BCUT2D eigenvalue weighted by Crippen LogP contribution is -2.04. The first kappa shape index (κ1) is 29.5. The molecule has 0 bridgehead atoms. The van der Waals surface area contributed by atoms with E-state index in [1.54, 1.807) is 0 Å². The summed E-state index contributed by atoms with van der Waals surface area (Å²) in [4.78, 5) is 0. The molecular weight excluding hydrogens is 516 g/mol. The smallest absolute Gasteiger partial charge is 0.0340 e. The third-order valence-corrected chi connectivity index (χ3v) is 7.65. The fourth-order valence-electron chi connectivity index (χ4n) is 5.23. The fourth-order valence-corrected chi connectivity index (χ4v) is 5.23. The second kappa shape index (κ2) is 15.9. The maximum absolute atomic E-state index is 2.32. The van der Waals surface area contributed by atoms with Gasteiger partial charge < -0.3 is 0 Å². The van der Waals surface area contributed by atoms with Crippen LogP contribution in [0.5, 0.6) is 0 Å². The normalized spacial score (nSPS) is 12.6. The Kier molecular flexibility index (Phi) is 10.9. The van der Waals surface area contributed by atoms with E-state index in [1.165, 1.54) is 57.3 Å². The summed E-state index contributed by atoms with van der Waals surface area (Å²) in [6, 6.07) is 48.0. The molecule has 0 radical (unpaired) electrons. The Hall–Kier alpha value is -4.94. The molecule has 0 nitrogen and oxygen atoms in total. The van der Waals surface area contributed by atoms with Gasteiger partial charge in [0.25, 0.3) is 0 Å².